The minimum Gasteiger partial charge on any atom is -0.410 e. The first kappa shape index (κ1) is 8.71. The van der Waals surface area contributed by atoms with E-state index in [2.05, 4.69) is 11.0 Å². The molecule has 0 atom stereocenters. The average molecular weight is 156 g/mol. The largest absolute Gasteiger partial charge is 0.410 e. The first-order valence-electron chi connectivity index (χ1n) is 2.31. The topological polar surface area (TPSA) is 9.23 Å². The molecule has 0 aliphatic rings. The molecular formula is C4H7F3OSi. The quantitative estimate of drug-likeness (QED) is 0.433. The second kappa shape index (κ2) is 3.68. The summed E-state index contributed by atoms with van der Waals surface area (Å²) in [6.07, 6.45) is -4.18. The molecule has 0 saturated heterocycles. The summed E-state index contributed by atoms with van der Waals surface area (Å²) < 4.78 is 38.0. The molecule has 0 spiro atoms. The van der Waals surface area contributed by atoms with Gasteiger partial charge < -0.3 is 4.43 Å². The number of hydrogen-bond donors (Lipinski definition) is 0. The second-order valence-electron chi connectivity index (χ2n) is 1.42. The molecule has 54 valence electrons. The molecular weight excluding hydrogens is 149 g/mol. The van der Waals surface area contributed by atoms with Gasteiger partial charge in [0.1, 0.15) is 6.61 Å². The summed E-state index contributed by atoms with van der Waals surface area (Å²) in [6, 6.07) is 0. The van der Waals surface area contributed by atoms with E-state index in [0.29, 0.717) is 0 Å². The van der Waals surface area contributed by atoms with Crippen molar-refractivity contribution in [1.82, 2.24) is 0 Å². The van der Waals surface area contributed by atoms with E-state index in [1.165, 1.54) is 5.70 Å². The van der Waals surface area contributed by atoms with Crippen LogP contribution in [-0.2, 0) is 4.43 Å². The van der Waals surface area contributed by atoms with Gasteiger partial charge in [-0.15, -0.1) is 6.58 Å². The van der Waals surface area contributed by atoms with Crippen LogP contribution in [0.2, 0.25) is 0 Å². The van der Waals surface area contributed by atoms with Crippen LogP contribution in [0.4, 0.5) is 13.2 Å². The zero-order chi connectivity index (χ0) is 7.33. The lowest BCUT2D eigenvalue weighted by atomic mass is 10.7. The summed E-state index contributed by atoms with van der Waals surface area (Å²) >= 11 is 0. The van der Waals surface area contributed by atoms with Crippen LogP contribution in [0, 0.1) is 0 Å². The Hall–Kier alpha value is -0.293. The van der Waals surface area contributed by atoms with Crippen LogP contribution in [0.3, 0.4) is 0 Å². The fourth-order valence-corrected chi connectivity index (χ4v) is 0.774. The molecule has 1 nitrogen and oxygen atoms in total. The van der Waals surface area contributed by atoms with Gasteiger partial charge in [-0.05, 0) is 0 Å². The Balaban J connectivity index is 3.17. The summed E-state index contributed by atoms with van der Waals surface area (Å²) in [5.41, 5.74) is 1.41. The molecule has 9 heavy (non-hydrogen) atoms. The van der Waals surface area contributed by atoms with Crippen molar-refractivity contribution in [3.8, 4) is 0 Å². The Bertz CT molecular complexity index is 90.3. The highest BCUT2D eigenvalue weighted by molar-refractivity contribution is 6.34. The van der Waals surface area contributed by atoms with Crippen LogP contribution in [-0.4, -0.2) is 22.5 Å². The maximum Gasteiger partial charge on any atom is 0.410 e. The number of hydrogen-bond acceptors (Lipinski definition) is 1. The fraction of sp³-hybridized carbons (Fsp3) is 0.500. The van der Waals surface area contributed by atoms with Crippen molar-refractivity contribution in [2.75, 3.05) is 6.61 Å². The van der Waals surface area contributed by atoms with Crippen molar-refractivity contribution in [3.63, 3.8) is 0 Å². The van der Waals surface area contributed by atoms with Gasteiger partial charge in [0.25, 0.3) is 0 Å². The monoisotopic (exact) mass is 156 g/mol. The van der Waals surface area contributed by atoms with Crippen LogP contribution in [0.25, 0.3) is 0 Å². The lowest BCUT2D eigenvalue weighted by molar-refractivity contribution is -0.153. The zero-order valence-corrected chi connectivity index (χ0v) is 6.16. The normalized spacial score (nSPS) is 12.8. The van der Waals surface area contributed by atoms with Crippen molar-refractivity contribution >= 4 is 9.76 Å². The molecule has 0 heterocycles. The van der Waals surface area contributed by atoms with Gasteiger partial charge in [-0.25, -0.2) is 0 Å². The number of rotatable bonds is 3. The SMILES string of the molecule is C=C[SiH2]OCC(F)(F)F. The van der Waals surface area contributed by atoms with E-state index in [-0.39, 0.29) is 0 Å². The van der Waals surface area contributed by atoms with Gasteiger partial charge in [0, 0.05) is 0 Å². The molecule has 0 bridgehead atoms. The second-order valence-corrected chi connectivity index (χ2v) is 2.74. The van der Waals surface area contributed by atoms with E-state index >= 15 is 0 Å². The lowest BCUT2D eigenvalue weighted by Crippen LogP contribution is -2.17. The van der Waals surface area contributed by atoms with Crippen LogP contribution < -0.4 is 0 Å². The van der Waals surface area contributed by atoms with Crippen LogP contribution in [0.1, 0.15) is 0 Å². The van der Waals surface area contributed by atoms with Crippen molar-refractivity contribution in [2.24, 2.45) is 0 Å². The highest BCUT2D eigenvalue weighted by Crippen LogP contribution is 2.13. The minimum atomic E-state index is -4.18. The van der Waals surface area contributed by atoms with Crippen LogP contribution in [0.15, 0.2) is 12.3 Å². The fourth-order valence-electron chi connectivity index (χ4n) is 0.258. The summed E-state index contributed by atoms with van der Waals surface area (Å²) in [5.74, 6) is 0. The number of halogens is 3. The molecule has 0 aromatic carbocycles. The molecule has 0 fully saturated rings. The van der Waals surface area contributed by atoms with Crippen LogP contribution >= 0.6 is 0 Å². The summed E-state index contributed by atoms with van der Waals surface area (Å²) in [5, 5.41) is 0. The van der Waals surface area contributed by atoms with Crippen molar-refractivity contribution in [2.45, 2.75) is 6.18 Å². The predicted octanol–water partition coefficient (Wildman–Crippen LogP) is 0.793. The van der Waals surface area contributed by atoms with Gasteiger partial charge in [0.2, 0.25) is 0 Å². The van der Waals surface area contributed by atoms with Gasteiger partial charge in [-0.3, -0.25) is 0 Å². The Kier molecular flexibility index (Phi) is 3.56. The average Bonchev–Trinajstić information content (AvgIpc) is 1.63. The van der Waals surface area contributed by atoms with Gasteiger partial charge in [-0.2, -0.15) is 13.2 Å². The minimum absolute atomic E-state index is 1.11. The molecule has 5 heteroatoms. The van der Waals surface area contributed by atoms with E-state index in [0.717, 1.165) is 0 Å². The standard InChI is InChI=1S/C4H7F3OSi/c1-2-9-8-3-4(5,6)7/h2H,1,3,9H2. The molecule has 0 aromatic rings. The molecule has 0 aromatic heterocycles. The molecule has 0 aliphatic heterocycles. The molecule has 0 N–H and O–H groups in total. The molecule has 0 amide bonds. The van der Waals surface area contributed by atoms with Gasteiger partial charge in [-0.1, -0.05) is 5.70 Å². The Morgan fingerprint density at radius 2 is 2.11 bits per heavy atom. The van der Waals surface area contributed by atoms with Gasteiger partial charge in [0.15, 0.2) is 9.76 Å². The number of alkyl halides is 3. The zero-order valence-electron chi connectivity index (χ0n) is 4.74. The van der Waals surface area contributed by atoms with E-state index < -0.39 is 22.5 Å². The molecule has 0 aliphatic carbocycles. The highest BCUT2D eigenvalue weighted by atomic mass is 28.2. The van der Waals surface area contributed by atoms with Crippen molar-refractivity contribution in [3.05, 3.63) is 12.3 Å². The van der Waals surface area contributed by atoms with Gasteiger partial charge in [0.05, 0.1) is 0 Å². The third-order valence-electron chi connectivity index (χ3n) is 0.501. The molecule has 0 radical (unpaired) electrons. The van der Waals surface area contributed by atoms with E-state index in [9.17, 15) is 13.2 Å². The molecule has 0 unspecified atom stereocenters. The summed E-state index contributed by atoms with van der Waals surface area (Å²) in [6.45, 7) is 2.12. The Morgan fingerprint density at radius 3 is 2.44 bits per heavy atom. The van der Waals surface area contributed by atoms with Gasteiger partial charge >= 0.3 is 6.18 Å². The highest BCUT2D eigenvalue weighted by Gasteiger charge is 2.26. The van der Waals surface area contributed by atoms with E-state index in [4.69, 9.17) is 0 Å². The first-order chi connectivity index (χ1) is 4.06. The van der Waals surface area contributed by atoms with Crippen LogP contribution in [0.5, 0.6) is 0 Å². The molecule has 0 saturated carbocycles. The smallest absolute Gasteiger partial charge is 0.410 e. The van der Waals surface area contributed by atoms with E-state index in [1.807, 2.05) is 0 Å². The van der Waals surface area contributed by atoms with Crippen molar-refractivity contribution < 1.29 is 17.6 Å². The first-order valence-corrected chi connectivity index (χ1v) is 3.71. The lowest BCUT2D eigenvalue weighted by Gasteiger charge is -2.04. The Morgan fingerprint density at radius 1 is 1.56 bits per heavy atom. The summed E-state index contributed by atoms with van der Waals surface area (Å²) in [4.78, 5) is 0. The maximum absolute atomic E-state index is 11.2. The van der Waals surface area contributed by atoms with E-state index in [1.54, 1.807) is 0 Å². The Labute approximate surface area is 53.5 Å². The molecule has 0 rings (SSSR count). The summed E-state index contributed by atoms with van der Waals surface area (Å²) in [7, 11) is -1.11. The third kappa shape index (κ3) is 7.71. The third-order valence-corrected chi connectivity index (χ3v) is 1.18. The van der Waals surface area contributed by atoms with Crippen molar-refractivity contribution in [1.29, 1.82) is 0 Å². The maximum atomic E-state index is 11.2. The predicted molar refractivity (Wildman–Crippen MR) is 30.7 cm³/mol.